The van der Waals surface area contributed by atoms with Crippen molar-refractivity contribution in [1.82, 2.24) is 14.8 Å². The van der Waals surface area contributed by atoms with Crippen LogP contribution in [0.5, 0.6) is 0 Å². The van der Waals surface area contributed by atoms with Crippen LogP contribution < -0.4 is 4.90 Å². The van der Waals surface area contributed by atoms with E-state index in [4.69, 9.17) is 0 Å². The van der Waals surface area contributed by atoms with Gasteiger partial charge in [0.05, 0.1) is 0 Å². The zero-order chi connectivity index (χ0) is 16.9. The standard InChI is InChI=1S/C18H26N4O2/c1-2-15-7-4-6-10-22(15)18(24)17(23)21-13-11-20(12-14-21)16-8-3-5-9-19-16/h3,5,8-9,15H,2,4,6-7,10-14H2,1H3. The van der Waals surface area contributed by atoms with Crippen molar-refractivity contribution in [2.24, 2.45) is 0 Å². The molecule has 24 heavy (non-hydrogen) atoms. The lowest BCUT2D eigenvalue weighted by atomic mass is 10.00. The summed E-state index contributed by atoms with van der Waals surface area (Å²) in [5.41, 5.74) is 0. The van der Waals surface area contributed by atoms with E-state index in [1.54, 1.807) is 16.0 Å². The summed E-state index contributed by atoms with van der Waals surface area (Å²) in [5, 5.41) is 0. The second kappa shape index (κ2) is 7.64. The van der Waals surface area contributed by atoms with Crippen molar-refractivity contribution < 1.29 is 9.59 Å². The molecule has 0 aliphatic carbocycles. The van der Waals surface area contributed by atoms with Gasteiger partial charge in [-0.1, -0.05) is 13.0 Å². The van der Waals surface area contributed by atoms with Crippen LogP contribution >= 0.6 is 0 Å². The van der Waals surface area contributed by atoms with Crippen molar-refractivity contribution in [2.45, 2.75) is 38.6 Å². The largest absolute Gasteiger partial charge is 0.353 e. The first-order chi connectivity index (χ1) is 11.7. The first-order valence-electron chi connectivity index (χ1n) is 8.96. The van der Waals surface area contributed by atoms with E-state index in [9.17, 15) is 9.59 Å². The van der Waals surface area contributed by atoms with Gasteiger partial charge in [-0.2, -0.15) is 0 Å². The Morgan fingerprint density at radius 1 is 1.08 bits per heavy atom. The van der Waals surface area contributed by atoms with Crippen LogP contribution in [-0.4, -0.2) is 65.4 Å². The molecule has 0 saturated carbocycles. The summed E-state index contributed by atoms with van der Waals surface area (Å²) in [7, 11) is 0. The fourth-order valence-corrected chi connectivity index (χ4v) is 3.63. The van der Waals surface area contributed by atoms with Gasteiger partial charge in [0.2, 0.25) is 0 Å². The van der Waals surface area contributed by atoms with Crippen molar-refractivity contribution in [3.05, 3.63) is 24.4 Å². The molecule has 130 valence electrons. The molecule has 0 bridgehead atoms. The monoisotopic (exact) mass is 330 g/mol. The summed E-state index contributed by atoms with van der Waals surface area (Å²) in [6.45, 7) is 5.39. The molecule has 1 unspecified atom stereocenters. The maximum Gasteiger partial charge on any atom is 0.312 e. The lowest BCUT2D eigenvalue weighted by molar-refractivity contribution is -0.154. The fourth-order valence-electron chi connectivity index (χ4n) is 3.63. The van der Waals surface area contributed by atoms with E-state index >= 15 is 0 Å². The van der Waals surface area contributed by atoms with Gasteiger partial charge in [0.25, 0.3) is 0 Å². The Hall–Kier alpha value is -2.11. The van der Waals surface area contributed by atoms with Gasteiger partial charge >= 0.3 is 11.8 Å². The highest BCUT2D eigenvalue weighted by Crippen LogP contribution is 2.20. The predicted molar refractivity (Wildman–Crippen MR) is 92.7 cm³/mol. The Labute approximate surface area is 143 Å². The second-order valence-electron chi connectivity index (χ2n) is 6.52. The number of carbonyl (C=O) groups excluding carboxylic acids is 2. The van der Waals surface area contributed by atoms with Crippen LogP contribution in [0.25, 0.3) is 0 Å². The lowest BCUT2D eigenvalue weighted by Gasteiger charge is -2.38. The fraction of sp³-hybridized carbons (Fsp3) is 0.611. The zero-order valence-corrected chi connectivity index (χ0v) is 14.4. The molecule has 1 aromatic heterocycles. The average molecular weight is 330 g/mol. The van der Waals surface area contributed by atoms with Crippen LogP contribution in [0.4, 0.5) is 5.82 Å². The lowest BCUT2D eigenvalue weighted by Crippen LogP contribution is -2.55. The van der Waals surface area contributed by atoms with Gasteiger partial charge in [-0.3, -0.25) is 9.59 Å². The number of carbonyl (C=O) groups is 2. The summed E-state index contributed by atoms with van der Waals surface area (Å²) in [5.74, 6) is 0.280. The molecule has 6 nitrogen and oxygen atoms in total. The number of anilines is 1. The van der Waals surface area contributed by atoms with Gasteiger partial charge in [0, 0.05) is 45.0 Å². The molecule has 2 aliphatic rings. The van der Waals surface area contributed by atoms with Crippen LogP contribution in [0, 0.1) is 0 Å². The Balaban J connectivity index is 1.57. The number of amides is 2. The second-order valence-corrected chi connectivity index (χ2v) is 6.52. The van der Waals surface area contributed by atoms with Crippen LogP contribution in [-0.2, 0) is 9.59 Å². The number of likely N-dealkylation sites (tertiary alicyclic amines) is 1. The summed E-state index contributed by atoms with van der Waals surface area (Å²) < 4.78 is 0. The number of hydrogen-bond donors (Lipinski definition) is 0. The number of piperazine rings is 1. The first-order valence-corrected chi connectivity index (χ1v) is 8.96. The molecule has 1 atom stereocenters. The Bertz CT molecular complexity index is 570. The van der Waals surface area contributed by atoms with Crippen molar-refractivity contribution >= 4 is 17.6 Å². The molecule has 3 rings (SSSR count). The average Bonchev–Trinajstić information content (AvgIpc) is 2.67. The van der Waals surface area contributed by atoms with Gasteiger partial charge < -0.3 is 14.7 Å². The topological polar surface area (TPSA) is 56.8 Å². The number of piperidine rings is 1. The van der Waals surface area contributed by atoms with E-state index in [1.807, 2.05) is 18.2 Å². The number of rotatable bonds is 2. The highest BCUT2D eigenvalue weighted by atomic mass is 16.2. The third-order valence-electron chi connectivity index (χ3n) is 5.08. The van der Waals surface area contributed by atoms with Gasteiger partial charge in [-0.25, -0.2) is 4.98 Å². The van der Waals surface area contributed by atoms with E-state index < -0.39 is 0 Å². The Morgan fingerprint density at radius 3 is 2.54 bits per heavy atom. The number of pyridine rings is 1. The third-order valence-corrected chi connectivity index (χ3v) is 5.08. The molecule has 0 radical (unpaired) electrons. The number of hydrogen-bond acceptors (Lipinski definition) is 4. The van der Waals surface area contributed by atoms with E-state index in [1.165, 1.54) is 0 Å². The van der Waals surface area contributed by atoms with Crippen molar-refractivity contribution in [1.29, 1.82) is 0 Å². The molecule has 0 N–H and O–H groups in total. The smallest absolute Gasteiger partial charge is 0.312 e. The number of aromatic nitrogens is 1. The maximum absolute atomic E-state index is 12.6. The van der Waals surface area contributed by atoms with Gasteiger partial charge in [-0.05, 0) is 37.8 Å². The SMILES string of the molecule is CCC1CCCCN1C(=O)C(=O)N1CCN(c2ccccn2)CC1. The molecule has 1 aromatic rings. The molecule has 2 saturated heterocycles. The molecule has 0 aromatic carbocycles. The molecule has 2 fully saturated rings. The highest BCUT2D eigenvalue weighted by Gasteiger charge is 2.33. The van der Waals surface area contributed by atoms with Crippen LogP contribution in [0.15, 0.2) is 24.4 Å². The van der Waals surface area contributed by atoms with Gasteiger partial charge in [0.1, 0.15) is 5.82 Å². The normalized spacial score (nSPS) is 21.7. The number of nitrogens with zero attached hydrogens (tertiary/aromatic N) is 4. The first kappa shape index (κ1) is 16.7. The molecule has 2 amide bonds. The summed E-state index contributed by atoms with van der Waals surface area (Å²) in [4.78, 5) is 35.2. The molecule has 6 heteroatoms. The van der Waals surface area contributed by atoms with Crippen molar-refractivity contribution in [2.75, 3.05) is 37.6 Å². The van der Waals surface area contributed by atoms with Crippen LogP contribution in [0.2, 0.25) is 0 Å². The highest BCUT2D eigenvalue weighted by molar-refractivity contribution is 6.35. The van der Waals surface area contributed by atoms with E-state index in [0.29, 0.717) is 26.2 Å². The summed E-state index contributed by atoms with van der Waals surface area (Å²) in [6.07, 6.45) is 5.87. The minimum absolute atomic E-state index is 0.227. The molecular weight excluding hydrogens is 304 g/mol. The summed E-state index contributed by atoms with van der Waals surface area (Å²) in [6, 6.07) is 6.06. The van der Waals surface area contributed by atoms with Gasteiger partial charge in [0.15, 0.2) is 0 Å². The van der Waals surface area contributed by atoms with Crippen molar-refractivity contribution in [3.8, 4) is 0 Å². The Morgan fingerprint density at radius 2 is 1.88 bits per heavy atom. The van der Waals surface area contributed by atoms with E-state index in [0.717, 1.165) is 38.0 Å². The zero-order valence-electron chi connectivity index (χ0n) is 14.4. The molecular formula is C18H26N4O2. The molecule has 3 heterocycles. The molecule has 0 spiro atoms. The van der Waals surface area contributed by atoms with E-state index in [-0.39, 0.29) is 17.9 Å². The minimum Gasteiger partial charge on any atom is -0.353 e. The Kier molecular flexibility index (Phi) is 5.33. The third kappa shape index (κ3) is 3.52. The summed E-state index contributed by atoms with van der Waals surface area (Å²) >= 11 is 0. The van der Waals surface area contributed by atoms with Crippen molar-refractivity contribution in [3.63, 3.8) is 0 Å². The quantitative estimate of drug-likeness (QED) is 0.772. The predicted octanol–water partition coefficient (Wildman–Crippen LogP) is 1.52. The maximum atomic E-state index is 12.6. The van der Waals surface area contributed by atoms with E-state index in [2.05, 4.69) is 16.8 Å². The minimum atomic E-state index is -0.337. The van der Waals surface area contributed by atoms with Crippen LogP contribution in [0.1, 0.15) is 32.6 Å². The van der Waals surface area contributed by atoms with Crippen LogP contribution in [0.3, 0.4) is 0 Å². The molecule has 2 aliphatic heterocycles. The van der Waals surface area contributed by atoms with Gasteiger partial charge in [-0.15, -0.1) is 0 Å².